The minimum atomic E-state index is -0.0507. The highest BCUT2D eigenvalue weighted by atomic mass is 32.2. The standard InChI is InChI=1S/C12H16N2OS/c1-4-16-11-6-5-8-13-12(11)10(15)7-9-14(2)3/h5-9H,4H2,1-3H3. The van der Waals surface area contributed by atoms with Crippen LogP contribution in [0.15, 0.2) is 35.5 Å². The summed E-state index contributed by atoms with van der Waals surface area (Å²) in [6.45, 7) is 2.06. The molecule has 0 bridgehead atoms. The van der Waals surface area contributed by atoms with Crippen molar-refractivity contribution in [3.8, 4) is 0 Å². The number of carbonyl (C=O) groups excluding carboxylic acids is 1. The summed E-state index contributed by atoms with van der Waals surface area (Å²) in [5, 5.41) is 0. The first kappa shape index (κ1) is 12.8. The Morgan fingerprint density at radius 1 is 1.56 bits per heavy atom. The molecule has 0 aliphatic heterocycles. The van der Waals surface area contributed by atoms with Gasteiger partial charge in [0.25, 0.3) is 0 Å². The van der Waals surface area contributed by atoms with Gasteiger partial charge >= 0.3 is 0 Å². The van der Waals surface area contributed by atoms with Crippen LogP contribution >= 0.6 is 11.8 Å². The van der Waals surface area contributed by atoms with Crippen LogP contribution in [0.4, 0.5) is 0 Å². The predicted molar refractivity (Wildman–Crippen MR) is 67.8 cm³/mol. The van der Waals surface area contributed by atoms with Crippen molar-refractivity contribution in [3.63, 3.8) is 0 Å². The maximum atomic E-state index is 11.9. The zero-order valence-corrected chi connectivity index (χ0v) is 10.6. The molecule has 0 aromatic carbocycles. The molecule has 0 saturated carbocycles. The van der Waals surface area contributed by atoms with Gasteiger partial charge in [0, 0.05) is 37.5 Å². The van der Waals surface area contributed by atoms with Crippen LogP contribution in [-0.2, 0) is 0 Å². The van der Waals surface area contributed by atoms with Crippen LogP contribution < -0.4 is 0 Å². The molecule has 0 amide bonds. The van der Waals surface area contributed by atoms with Gasteiger partial charge in [-0.2, -0.15) is 0 Å². The van der Waals surface area contributed by atoms with Crippen LogP contribution in [0, 0.1) is 0 Å². The third-order valence-corrected chi connectivity index (χ3v) is 2.76. The number of aromatic nitrogens is 1. The van der Waals surface area contributed by atoms with Crippen LogP contribution in [0.25, 0.3) is 0 Å². The van der Waals surface area contributed by atoms with Gasteiger partial charge in [-0.25, -0.2) is 0 Å². The average Bonchev–Trinajstić information content (AvgIpc) is 2.27. The van der Waals surface area contributed by atoms with E-state index >= 15 is 0 Å². The summed E-state index contributed by atoms with van der Waals surface area (Å²) >= 11 is 1.63. The maximum absolute atomic E-state index is 11.9. The van der Waals surface area contributed by atoms with E-state index in [-0.39, 0.29) is 5.78 Å². The Morgan fingerprint density at radius 2 is 2.31 bits per heavy atom. The zero-order chi connectivity index (χ0) is 12.0. The predicted octanol–water partition coefficient (Wildman–Crippen LogP) is 2.45. The summed E-state index contributed by atoms with van der Waals surface area (Å²) in [6, 6.07) is 3.78. The number of rotatable bonds is 5. The number of nitrogens with zero attached hydrogens (tertiary/aromatic N) is 2. The van der Waals surface area contributed by atoms with Crippen LogP contribution in [0.1, 0.15) is 17.4 Å². The van der Waals surface area contributed by atoms with Gasteiger partial charge in [-0.15, -0.1) is 11.8 Å². The van der Waals surface area contributed by atoms with E-state index in [0.717, 1.165) is 10.6 Å². The lowest BCUT2D eigenvalue weighted by molar-refractivity contribution is 0.103. The maximum Gasteiger partial charge on any atom is 0.206 e. The molecule has 0 aliphatic carbocycles. The van der Waals surface area contributed by atoms with Crippen molar-refractivity contribution in [2.24, 2.45) is 0 Å². The van der Waals surface area contributed by atoms with E-state index in [1.165, 1.54) is 0 Å². The molecular weight excluding hydrogens is 220 g/mol. The largest absolute Gasteiger partial charge is 0.383 e. The fraction of sp³-hybridized carbons (Fsp3) is 0.333. The molecule has 0 unspecified atom stereocenters. The molecule has 0 fully saturated rings. The SMILES string of the molecule is CCSc1cccnc1C(=O)C=CN(C)C. The number of hydrogen-bond donors (Lipinski definition) is 0. The van der Waals surface area contributed by atoms with E-state index in [1.807, 2.05) is 31.1 Å². The van der Waals surface area contributed by atoms with Crippen molar-refractivity contribution in [2.75, 3.05) is 19.8 Å². The number of allylic oxidation sites excluding steroid dienone is 1. The van der Waals surface area contributed by atoms with Gasteiger partial charge < -0.3 is 4.90 Å². The lowest BCUT2D eigenvalue weighted by Gasteiger charge is -2.05. The van der Waals surface area contributed by atoms with Crippen LogP contribution in [0.3, 0.4) is 0 Å². The Labute approximate surface area is 101 Å². The highest BCUT2D eigenvalue weighted by Gasteiger charge is 2.09. The molecule has 86 valence electrons. The van der Waals surface area contributed by atoms with Crippen molar-refractivity contribution in [3.05, 3.63) is 36.3 Å². The molecule has 1 aromatic heterocycles. The molecule has 3 nitrogen and oxygen atoms in total. The minimum absolute atomic E-state index is 0.0507. The summed E-state index contributed by atoms with van der Waals surface area (Å²) in [7, 11) is 3.76. The normalized spacial score (nSPS) is 10.7. The molecule has 1 rings (SSSR count). The molecule has 16 heavy (non-hydrogen) atoms. The molecule has 0 saturated heterocycles. The van der Waals surface area contributed by atoms with E-state index in [9.17, 15) is 4.79 Å². The second kappa shape index (κ2) is 6.33. The Bertz CT molecular complexity index is 388. The number of ketones is 1. The average molecular weight is 236 g/mol. The lowest BCUT2D eigenvalue weighted by Crippen LogP contribution is -2.05. The third-order valence-electron chi connectivity index (χ3n) is 1.83. The molecule has 0 aliphatic rings. The van der Waals surface area contributed by atoms with Crippen LogP contribution in [0.2, 0.25) is 0 Å². The lowest BCUT2D eigenvalue weighted by atomic mass is 10.2. The smallest absolute Gasteiger partial charge is 0.206 e. The van der Waals surface area contributed by atoms with E-state index < -0.39 is 0 Å². The van der Waals surface area contributed by atoms with Gasteiger partial charge in [0.2, 0.25) is 5.78 Å². The second-order valence-electron chi connectivity index (χ2n) is 3.43. The zero-order valence-electron chi connectivity index (χ0n) is 9.80. The summed E-state index contributed by atoms with van der Waals surface area (Å²) in [5.41, 5.74) is 0.535. The first-order valence-corrected chi connectivity index (χ1v) is 6.10. The van der Waals surface area contributed by atoms with Crippen molar-refractivity contribution >= 4 is 17.5 Å². The van der Waals surface area contributed by atoms with Gasteiger partial charge in [-0.3, -0.25) is 9.78 Å². The van der Waals surface area contributed by atoms with Crippen molar-refractivity contribution in [1.82, 2.24) is 9.88 Å². The monoisotopic (exact) mass is 236 g/mol. The number of pyridine rings is 1. The Balaban J connectivity index is 2.90. The topological polar surface area (TPSA) is 33.2 Å². The number of hydrogen-bond acceptors (Lipinski definition) is 4. The minimum Gasteiger partial charge on any atom is -0.383 e. The van der Waals surface area contributed by atoms with E-state index in [1.54, 1.807) is 30.2 Å². The quantitative estimate of drug-likeness (QED) is 0.447. The van der Waals surface area contributed by atoms with E-state index in [2.05, 4.69) is 11.9 Å². The number of carbonyl (C=O) groups is 1. The molecule has 1 aromatic rings. The van der Waals surface area contributed by atoms with Gasteiger partial charge in [0.05, 0.1) is 0 Å². The fourth-order valence-corrected chi connectivity index (χ4v) is 1.92. The fourth-order valence-electron chi connectivity index (χ4n) is 1.14. The number of thioether (sulfide) groups is 1. The molecule has 0 spiro atoms. The highest BCUT2D eigenvalue weighted by molar-refractivity contribution is 7.99. The summed E-state index contributed by atoms with van der Waals surface area (Å²) < 4.78 is 0. The van der Waals surface area contributed by atoms with Crippen LogP contribution in [-0.4, -0.2) is 35.5 Å². The molecule has 0 radical (unpaired) electrons. The van der Waals surface area contributed by atoms with Gasteiger partial charge in [-0.05, 0) is 17.9 Å². The van der Waals surface area contributed by atoms with E-state index in [4.69, 9.17) is 0 Å². The summed E-state index contributed by atoms with van der Waals surface area (Å²) in [5.74, 6) is 0.883. The Hall–Kier alpha value is -1.29. The Morgan fingerprint density at radius 3 is 2.94 bits per heavy atom. The Kier molecular flexibility index (Phi) is 5.05. The highest BCUT2D eigenvalue weighted by Crippen LogP contribution is 2.20. The molecule has 0 atom stereocenters. The van der Waals surface area contributed by atoms with Crippen molar-refractivity contribution in [2.45, 2.75) is 11.8 Å². The summed E-state index contributed by atoms with van der Waals surface area (Å²) in [6.07, 6.45) is 4.93. The first-order valence-electron chi connectivity index (χ1n) is 5.12. The van der Waals surface area contributed by atoms with Crippen LogP contribution in [0.5, 0.6) is 0 Å². The molecule has 1 heterocycles. The molecular formula is C12H16N2OS. The third kappa shape index (κ3) is 3.70. The van der Waals surface area contributed by atoms with Gasteiger partial charge in [0.15, 0.2) is 0 Å². The van der Waals surface area contributed by atoms with Crippen molar-refractivity contribution < 1.29 is 4.79 Å². The summed E-state index contributed by atoms with van der Waals surface area (Å²) in [4.78, 5) is 18.8. The first-order chi connectivity index (χ1) is 7.65. The molecule has 0 N–H and O–H groups in total. The van der Waals surface area contributed by atoms with Gasteiger partial charge in [-0.1, -0.05) is 6.92 Å². The van der Waals surface area contributed by atoms with Crippen molar-refractivity contribution in [1.29, 1.82) is 0 Å². The van der Waals surface area contributed by atoms with Gasteiger partial charge in [0.1, 0.15) is 5.69 Å². The second-order valence-corrected chi connectivity index (χ2v) is 4.73. The molecule has 4 heteroatoms. The van der Waals surface area contributed by atoms with E-state index in [0.29, 0.717) is 5.69 Å².